The van der Waals surface area contributed by atoms with Gasteiger partial charge in [-0.05, 0) is 32.5 Å². The van der Waals surface area contributed by atoms with Gasteiger partial charge in [0.05, 0.1) is 0 Å². The second kappa shape index (κ2) is 5.43. The monoisotopic (exact) mass is 280 g/mol. The van der Waals surface area contributed by atoms with E-state index in [2.05, 4.69) is 25.5 Å². The summed E-state index contributed by atoms with van der Waals surface area (Å²) in [6, 6.07) is 0. The van der Waals surface area contributed by atoms with Crippen molar-refractivity contribution in [2.45, 2.75) is 37.5 Å². The summed E-state index contributed by atoms with van der Waals surface area (Å²) in [6.07, 6.45) is 0. The van der Waals surface area contributed by atoms with E-state index in [4.69, 9.17) is 0 Å². The molecule has 0 aromatic carbocycles. The van der Waals surface area contributed by atoms with E-state index in [9.17, 15) is 4.79 Å². The average Bonchev–Trinajstić information content (AvgIpc) is 2.73. The number of hydrogen-bond donors (Lipinski definition) is 2. The summed E-state index contributed by atoms with van der Waals surface area (Å²) in [5.74, 6) is 1.47. The average molecular weight is 280 g/mol. The summed E-state index contributed by atoms with van der Waals surface area (Å²) in [7, 11) is 1.82. The molecule has 7 nitrogen and oxygen atoms in total. The number of nitrogens with zero attached hydrogens (tertiary/aromatic N) is 4. The number of nitrogens with one attached hydrogen (secondary N) is 2. The van der Waals surface area contributed by atoms with Crippen molar-refractivity contribution in [1.29, 1.82) is 0 Å². The number of aromatic amines is 1. The largest absolute Gasteiger partial charge is 0.373 e. The van der Waals surface area contributed by atoms with E-state index >= 15 is 0 Å². The topological polar surface area (TPSA) is 88.5 Å². The van der Waals surface area contributed by atoms with E-state index in [0.717, 1.165) is 16.4 Å². The molecule has 2 aromatic rings. The van der Waals surface area contributed by atoms with Crippen molar-refractivity contribution < 1.29 is 0 Å². The van der Waals surface area contributed by atoms with Crippen LogP contribution in [0, 0.1) is 13.8 Å². The van der Waals surface area contributed by atoms with Gasteiger partial charge in [0.15, 0.2) is 5.16 Å². The Kier molecular flexibility index (Phi) is 3.89. The third kappa shape index (κ3) is 2.62. The number of H-pyrrole nitrogens is 1. The van der Waals surface area contributed by atoms with Crippen molar-refractivity contribution in [3.63, 3.8) is 0 Å². The number of aromatic nitrogens is 5. The molecule has 2 heterocycles. The first kappa shape index (κ1) is 13.6. The third-order valence-corrected chi connectivity index (χ3v) is 3.76. The summed E-state index contributed by atoms with van der Waals surface area (Å²) in [5.41, 5.74) is 0.735. The summed E-state index contributed by atoms with van der Waals surface area (Å²) in [4.78, 5) is 20.2. The van der Waals surface area contributed by atoms with Crippen LogP contribution in [0.4, 0.5) is 5.82 Å². The van der Waals surface area contributed by atoms with Crippen molar-refractivity contribution in [3.8, 4) is 0 Å². The van der Waals surface area contributed by atoms with Gasteiger partial charge in [-0.15, -0.1) is 5.10 Å². The van der Waals surface area contributed by atoms with Crippen LogP contribution in [-0.2, 0) is 6.54 Å². The maximum absolute atomic E-state index is 11.5. The van der Waals surface area contributed by atoms with Crippen molar-refractivity contribution in [1.82, 2.24) is 24.7 Å². The van der Waals surface area contributed by atoms with E-state index in [1.807, 2.05) is 27.8 Å². The Balaban J connectivity index is 2.43. The van der Waals surface area contributed by atoms with E-state index in [-0.39, 0.29) is 5.69 Å². The molecule has 0 amide bonds. The molecule has 0 aliphatic rings. The maximum Gasteiger partial charge on any atom is 0.343 e. The fraction of sp³-hybridized carbons (Fsp3) is 0.455. The number of rotatable bonds is 4. The lowest BCUT2D eigenvalue weighted by molar-refractivity contribution is 0.659. The van der Waals surface area contributed by atoms with Crippen LogP contribution in [0.2, 0.25) is 0 Å². The zero-order valence-corrected chi connectivity index (χ0v) is 12.1. The SMILES string of the molecule is CCn1c(Sc2nc(C)nc(NC)c2C)n[nH]c1=O. The Bertz CT molecular complexity index is 647. The molecule has 8 heteroatoms. The lowest BCUT2D eigenvalue weighted by Crippen LogP contribution is -2.16. The minimum Gasteiger partial charge on any atom is -0.373 e. The number of hydrogen-bond acceptors (Lipinski definition) is 6. The van der Waals surface area contributed by atoms with E-state index in [1.54, 1.807) is 4.57 Å². The van der Waals surface area contributed by atoms with Gasteiger partial charge in [-0.25, -0.2) is 19.9 Å². The minimum atomic E-state index is -0.206. The molecular weight excluding hydrogens is 264 g/mol. The minimum absolute atomic E-state index is 0.206. The molecule has 2 aromatic heterocycles. The molecule has 102 valence electrons. The molecule has 0 aliphatic heterocycles. The molecule has 0 saturated heterocycles. The van der Waals surface area contributed by atoms with Gasteiger partial charge in [0.2, 0.25) is 0 Å². The van der Waals surface area contributed by atoms with Crippen molar-refractivity contribution in [2.24, 2.45) is 0 Å². The van der Waals surface area contributed by atoms with Crippen LogP contribution in [0.1, 0.15) is 18.3 Å². The van der Waals surface area contributed by atoms with Gasteiger partial charge >= 0.3 is 5.69 Å². The van der Waals surface area contributed by atoms with Gasteiger partial charge in [-0.1, -0.05) is 0 Å². The summed E-state index contributed by atoms with van der Waals surface area (Å²) in [5, 5.41) is 10.9. The van der Waals surface area contributed by atoms with Gasteiger partial charge < -0.3 is 5.32 Å². The Hall–Kier alpha value is -1.83. The van der Waals surface area contributed by atoms with Gasteiger partial charge in [-0.2, -0.15) is 0 Å². The molecule has 0 radical (unpaired) electrons. The fourth-order valence-electron chi connectivity index (χ4n) is 1.69. The van der Waals surface area contributed by atoms with Crippen molar-refractivity contribution in [2.75, 3.05) is 12.4 Å². The summed E-state index contributed by atoms with van der Waals surface area (Å²) < 4.78 is 1.57. The van der Waals surface area contributed by atoms with Crippen LogP contribution in [0.5, 0.6) is 0 Å². The normalized spacial score (nSPS) is 10.7. The van der Waals surface area contributed by atoms with Gasteiger partial charge in [0, 0.05) is 19.2 Å². The maximum atomic E-state index is 11.5. The van der Waals surface area contributed by atoms with Crippen LogP contribution < -0.4 is 11.0 Å². The highest BCUT2D eigenvalue weighted by Gasteiger charge is 2.14. The van der Waals surface area contributed by atoms with Gasteiger partial charge in [-0.3, -0.25) is 4.57 Å². The Morgan fingerprint density at radius 3 is 2.74 bits per heavy atom. The third-order valence-electron chi connectivity index (χ3n) is 2.68. The first-order valence-corrected chi connectivity index (χ1v) is 6.74. The Morgan fingerprint density at radius 2 is 2.11 bits per heavy atom. The predicted molar refractivity (Wildman–Crippen MR) is 73.7 cm³/mol. The molecule has 0 spiro atoms. The molecular formula is C11H16N6OS. The van der Waals surface area contributed by atoms with Crippen LogP contribution in [0.15, 0.2) is 15.0 Å². The Morgan fingerprint density at radius 1 is 1.37 bits per heavy atom. The van der Waals surface area contributed by atoms with Gasteiger partial charge in [0.1, 0.15) is 16.7 Å². The highest BCUT2D eigenvalue weighted by atomic mass is 32.2. The lowest BCUT2D eigenvalue weighted by atomic mass is 10.3. The van der Waals surface area contributed by atoms with Crippen LogP contribution >= 0.6 is 11.8 Å². The lowest BCUT2D eigenvalue weighted by Gasteiger charge is -2.09. The summed E-state index contributed by atoms with van der Waals surface area (Å²) >= 11 is 1.36. The second-order valence-corrected chi connectivity index (χ2v) is 4.91. The highest BCUT2D eigenvalue weighted by molar-refractivity contribution is 7.99. The molecule has 0 fully saturated rings. The molecule has 0 unspecified atom stereocenters. The van der Waals surface area contributed by atoms with Crippen molar-refractivity contribution in [3.05, 3.63) is 21.9 Å². The van der Waals surface area contributed by atoms with Crippen LogP contribution in [0.3, 0.4) is 0 Å². The van der Waals surface area contributed by atoms with E-state index in [0.29, 0.717) is 17.5 Å². The summed E-state index contributed by atoms with van der Waals surface area (Å²) in [6.45, 7) is 6.24. The highest BCUT2D eigenvalue weighted by Crippen LogP contribution is 2.29. The Labute approximate surface area is 114 Å². The standard InChI is InChI=1S/C11H16N6OS/c1-5-17-10(18)15-16-11(17)19-9-6(2)8(12-4)13-7(3)14-9/h5H2,1-4H3,(H,15,18)(H,12,13,14). The quantitative estimate of drug-likeness (QED) is 0.818. The van der Waals surface area contributed by atoms with Crippen LogP contribution in [-0.4, -0.2) is 31.8 Å². The number of anilines is 1. The second-order valence-electron chi connectivity index (χ2n) is 3.96. The predicted octanol–water partition coefficient (Wildman–Crippen LogP) is 1.19. The first-order valence-electron chi connectivity index (χ1n) is 5.92. The molecule has 0 bridgehead atoms. The molecule has 0 atom stereocenters. The van der Waals surface area contributed by atoms with Crippen molar-refractivity contribution >= 4 is 17.6 Å². The molecule has 2 N–H and O–H groups in total. The molecule has 19 heavy (non-hydrogen) atoms. The zero-order valence-electron chi connectivity index (χ0n) is 11.3. The van der Waals surface area contributed by atoms with Crippen LogP contribution in [0.25, 0.3) is 0 Å². The smallest absolute Gasteiger partial charge is 0.343 e. The van der Waals surface area contributed by atoms with E-state index in [1.165, 1.54) is 11.8 Å². The number of aryl methyl sites for hydroxylation is 1. The molecule has 0 saturated carbocycles. The van der Waals surface area contributed by atoms with E-state index < -0.39 is 0 Å². The molecule has 0 aliphatic carbocycles. The molecule has 2 rings (SSSR count). The van der Waals surface area contributed by atoms with Gasteiger partial charge in [0.25, 0.3) is 0 Å². The zero-order chi connectivity index (χ0) is 14.0. The first-order chi connectivity index (χ1) is 9.06. The fourth-order valence-corrected chi connectivity index (χ4v) is 2.71.